The zero-order valence-electron chi connectivity index (χ0n) is 22.3. The van der Waals surface area contributed by atoms with Gasteiger partial charge in [-0.15, -0.1) is 0 Å². The van der Waals surface area contributed by atoms with E-state index < -0.39 is 0 Å². The minimum atomic E-state index is -0.299. The predicted molar refractivity (Wildman–Crippen MR) is 143 cm³/mol. The molecule has 2 heterocycles. The van der Waals surface area contributed by atoms with E-state index in [9.17, 15) is 14.4 Å². The number of rotatable bonds is 5. The van der Waals surface area contributed by atoms with E-state index in [1.165, 1.54) is 32.1 Å². The first-order valence-corrected chi connectivity index (χ1v) is 14.6. The number of piperidine rings is 1. The van der Waals surface area contributed by atoms with Crippen LogP contribution in [0.3, 0.4) is 0 Å². The van der Waals surface area contributed by atoms with Crippen LogP contribution in [0, 0.1) is 17.3 Å². The van der Waals surface area contributed by atoms with Crippen LogP contribution in [0.5, 0.6) is 0 Å². The zero-order valence-corrected chi connectivity index (χ0v) is 23.1. The van der Waals surface area contributed by atoms with Crippen LogP contribution in [0.4, 0.5) is 4.79 Å². The number of halogens is 1. The Kier molecular flexibility index (Phi) is 7.59. The van der Waals surface area contributed by atoms with Gasteiger partial charge in [0.1, 0.15) is 12.4 Å². The Labute approximate surface area is 226 Å². The first kappa shape index (κ1) is 26.5. The van der Waals surface area contributed by atoms with Crippen LogP contribution in [0.2, 0.25) is 5.02 Å². The number of amides is 2. The summed E-state index contributed by atoms with van der Waals surface area (Å²) in [5, 5.41) is 0.661. The summed E-state index contributed by atoms with van der Waals surface area (Å²) in [7, 11) is 0. The molecule has 5 rings (SSSR count). The maximum absolute atomic E-state index is 13.9. The van der Waals surface area contributed by atoms with Gasteiger partial charge in [-0.2, -0.15) is 0 Å². The van der Waals surface area contributed by atoms with Crippen molar-refractivity contribution in [3.63, 3.8) is 0 Å². The molecule has 2 aliphatic carbocycles. The zero-order chi connectivity index (χ0) is 26.2. The quantitative estimate of drug-likeness (QED) is 0.455. The predicted octanol–water partition coefficient (Wildman–Crippen LogP) is 6.21. The fourth-order valence-corrected chi connectivity index (χ4v) is 7.54. The Bertz CT molecular complexity index is 1010. The summed E-state index contributed by atoms with van der Waals surface area (Å²) in [5.74, 6) is 0.742. The molecule has 37 heavy (non-hydrogen) atoms. The number of Topliss-reactive ketones (excluding diaryl/α,β-unsaturated/α-hetero) is 1. The first-order valence-electron chi connectivity index (χ1n) is 14.2. The molecule has 2 atom stereocenters. The maximum Gasteiger partial charge on any atom is 0.410 e. The van der Waals surface area contributed by atoms with Gasteiger partial charge in [0.2, 0.25) is 5.91 Å². The summed E-state index contributed by atoms with van der Waals surface area (Å²) in [6.45, 7) is 6.77. The minimum Gasteiger partial charge on any atom is -0.447 e. The van der Waals surface area contributed by atoms with Crippen molar-refractivity contribution in [3.8, 4) is 0 Å². The molecular formula is C30H41ClN2O4. The fourth-order valence-electron chi connectivity index (χ4n) is 7.42. The van der Waals surface area contributed by atoms with Crippen molar-refractivity contribution in [2.24, 2.45) is 17.3 Å². The number of benzene rings is 1. The Hall–Kier alpha value is -2.08. The van der Waals surface area contributed by atoms with Gasteiger partial charge in [-0.3, -0.25) is 14.5 Å². The van der Waals surface area contributed by atoms with Gasteiger partial charge in [0.05, 0.1) is 5.54 Å². The lowest BCUT2D eigenvalue weighted by Gasteiger charge is -2.51. The van der Waals surface area contributed by atoms with Crippen molar-refractivity contribution in [1.29, 1.82) is 0 Å². The van der Waals surface area contributed by atoms with Crippen LogP contribution in [0.1, 0.15) is 89.5 Å². The smallest absolute Gasteiger partial charge is 0.410 e. The molecule has 0 radical (unpaired) electrons. The van der Waals surface area contributed by atoms with E-state index in [2.05, 4.69) is 18.7 Å². The van der Waals surface area contributed by atoms with Gasteiger partial charge in [0.15, 0.2) is 0 Å². The lowest BCUT2D eigenvalue weighted by Crippen LogP contribution is -2.56. The molecule has 1 aromatic carbocycles. The number of hydrogen-bond donors (Lipinski definition) is 0. The normalized spacial score (nSPS) is 28.3. The van der Waals surface area contributed by atoms with Crippen molar-refractivity contribution in [3.05, 3.63) is 34.9 Å². The second-order valence-electron chi connectivity index (χ2n) is 12.5. The summed E-state index contributed by atoms with van der Waals surface area (Å²) < 4.78 is 5.45. The minimum absolute atomic E-state index is 0.0238. The van der Waals surface area contributed by atoms with Gasteiger partial charge in [0, 0.05) is 49.3 Å². The van der Waals surface area contributed by atoms with Gasteiger partial charge >= 0.3 is 6.09 Å². The molecule has 1 aromatic rings. The number of ether oxygens (including phenoxy) is 1. The van der Waals surface area contributed by atoms with Crippen LogP contribution in [0.15, 0.2) is 24.3 Å². The van der Waals surface area contributed by atoms with E-state index in [0.717, 1.165) is 38.0 Å². The largest absolute Gasteiger partial charge is 0.447 e. The van der Waals surface area contributed by atoms with E-state index >= 15 is 0 Å². The fraction of sp³-hybridized carbons (Fsp3) is 0.700. The Morgan fingerprint density at radius 3 is 2.32 bits per heavy atom. The van der Waals surface area contributed by atoms with Gasteiger partial charge in [-0.25, -0.2) is 4.79 Å². The molecule has 2 aliphatic heterocycles. The molecule has 2 unspecified atom stereocenters. The van der Waals surface area contributed by atoms with Gasteiger partial charge in [-0.1, -0.05) is 43.0 Å². The molecule has 4 fully saturated rings. The van der Waals surface area contributed by atoms with E-state index in [1.54, 1.807) is 0 Å². The van der Waals surface area contributed by atoms with E-state index in [4.69, 9.17) is 16.3 Å². The number of nitrogens with zero attached hydrogens (tertiary/aromatic N) is 2. The van der Waals surface area contributed by atoms with Gasteiger partial charge in [0.25, 0.3) is 0 Å². The monoisotopic (exact) mass is 528 g/mol. The summed E-state index contributed by atoms with van der Waals surface area (Å²) in [5.41, 5.74) is 0.751. The molecule has 2 saturated heterocycles. The maximum atomic E-state index is 13.9. The van der Waals surface area contributed by atoms with E-state index in [0.29, 0.717) is 36.8 Å². The molecular weight excluding hydrogens is 488 g/mol. The van der Waals surface area contributed by atoms with Crippen molar-refractivity contribution < 1.29 is 19.1 Å². The molecule has 6 nitrogen and oxygen atoms in total. The molecule has 2 saturated carbocycles. The average Bonchev–Trinajstić information content (AvgIpc) is 3.16. The van der Waals surface area contributed by atoms with Crippen LogP contribution < -0.4 is 0 Å². The number of likely N-dealkylation sites (tertiary alicyclic amines) is 1. The second kappa shape index (κ2) is 10.6. The molecule has 202 valence electrons. The summed E-state index contributed by atoms with van der Waals surface area (Å²) in [6.07, 6.45) is 9.36. The number of carbonyl (C=O) groups is 3. The number of hydrogen-bond acceptors (Lipinski definition) is 4. The topological polar surface area (TPSA) is 66.9 Å². The van der Waals surface area contributed by atoms with Crippen LogP contribution in [0.25, 0.3) is 0 Å². The highest BCUT2D eigenvalue weighted by Gasteiger charge is 2.50. The van der Waals surface area contributed by atoms with E-state index in [-0.39, 0.29) is 40.6 Å². The average molecular weight is 529 g/mol. The molecule has 7 heteroatoms. The molecule has 2 amide bonds. The van der Waals surface area contributed by atoms with E-state index in [1.807, 2.05) is 29.2 Å². The number of carbonyl (C=O) groups excluding carboxylic acids is 3. The number of cyclic esters (lactones) is 1. The SMILES string of the molecule is CC1(C)COC(=O)N1CC1(C2CCCCC2)CCN(C(=O)C2CCC(=O)CC2c2ccc(Cl)cc2)CC1. The Balaban J connectivity index is 1.32. The third-order valence-corrected chi connectivity index (χ3v) is 10.0. The molecule has 0 bridgehead atoms. The van der Waals surface area contributed by atoms with Crippen molar-refractivity contribution >= 4 is 29.4 Å². The van der Waals surface area contributed by atoms with Crippen LogP contribution >= 0.6 is 11.6 Å². The lowest BCUT2D eigenvalue weighted by atomic mass is 9.63. The standard InChI is InChI=1S/C30H41ClN2O4/c1-29(2)20-37-28(36)33(29)19-30(22-6-4-3-5-7-22)14-16-32(17-15-30)27(35)25-13-12-24(34)18-26(25)21-8-10-23(31)11-9-21/h8-11,22,25-26H,3-7,12-20H2,1-2H3. The van der Waals surface area contributed by atoms with Gasteiger partial charge in [-0.05, 0) is 75.0 Å². The highest BCUT2D eigenvalue weighted by Crippen LogP contribution is 2.48. The summed E-state index contributed by atoms with van der Waals surface area (Å²) in [6, 6.07) is 7.63. The van der Waals surface area contributed by atoms with Crippen molar-refractivity contribution in [2.45, 2.75) is 89.5 Å². The summed E-state index contributed by atoms with van der Waals surface area (Å²) in [4.78, 5) is 43.0. The highest BCUT2D eigenvalue weighted by atomic mass is 35.5. The van der Waals surface area contributed by atoms with Crippen molar-refractivity contribution in [1.82, 2.24) is 9.80 Å². The second-order valence-corrected chi connectivity index (χ2v) is 13.0. The lowest BCUT2D eigenvalue weighted by molar-refractivity contribution is -0.142. The summed E-state index contributed by atoms with van der Waals surface area (Å²) >= 11 is 6.10. The molecule has 0 spiro atoms. The Morgan fingerprint density at radius 2 is 1.70 bits per heavy atom. The first-order chi connectivity index (χ1) is 17.7. The molecule has 0 N–H and O–H groups in total. The molecule has 4 aliphatic rings. The third kappa shape index (κ3) is 5.41. The van der Waals surface area contributed by atoms with Gasteiger partial charge < -0.3 is 9.64 Å². The van der Waals surface area contributed by atoms with Crippen LogP contribution in [-0.2, 0) is 14.3 Å². The molecule has 0 aromatic heterocycles. The highest BCUT2D eigenvalue weighted by molar-refractivity contribution is 6.30. The number of ketones is 1. The Morgan fingerprint density at radius 1 is 1.03 bits per heavy atom. The van der Waals surface area contributed by atoms with Crippen molar-refractivity contribution in [2.75, 3.05) is 26.2 Å². The van der Waals surface area contributed by atoms with Crippen LogP contribution in [-0.4, -0.2) is 59.4 Å². The third-order valence-electron chi connectivity index (χ3n) is 9.80.